The molecule has 2 aliphatic carbocycles. The molecule has 1 saturated heterocycles. The first-order chi connectivity index (χ1) is 19.5. The summed E-state index contributed by atoms with van der Waals surface area (Å²) in [7, 11) is 0. The molecular weight excluding hydrogens is 530 g/mol. The molecule has 1 aliphatic heterocycles. The van der Waals surface area contributed by atoms with Gasteiger partial charge in [0.05, 0.1) is 6.54 Å². The molecule has 0 radical (unpaired) electrons. The number of rotatable bonds is 11. The Hall–Kier alpha value is -3.70. The summed E-state index contributed by atoms with van der Waals surface area (Å²) in [6.45, 7) is 5.05. The van der Waals surface area contributed by atoms with Gasteiger partial charge in [0.25, 0.3) is 0 Å². The Balaban J connectivity index is 1.54. The second-order valence-electron chi connectivity index (χ2n) is 11.8. The molecular formula is C29H41N5O7. The van der Waals surface area contributed by atoms with Crippen molar-refractivity contribution in [3.8, 4) is 5.75 Å². The molecule has 1 aromatic heterocycles. The summed E-state index contributed by atoms with van der Waals surface area (Å²) in [5.74, 6) is -2.69. The van der Waals surface area contributed by atoms with Crippen LogP contribution in [-0.4, -0.2) is 80.9 Å². The molecule has 224 valence electrons. The lowest BCUT2D eigenvalue weighted by molar-refractivity contribution is -0.146. The highest BCUT2D eigenvalue weighted by atomic mass is 16.5. The van der Waals surface area contributed by atoms with Crippen LogP contribution in [0.15, 0.2) is 24.5 Å². The van der Waals surface area contributed by atoms with Gasteiger partial charge in [0, 0.05) is 25.7 Å². The van der Waals surface area contributed by atoms with Crippen LogP contribution in [0.25, 0.3) is 0 Å². The third kappa shape index (κ3) is 7.34. The van der Waals surface area contributed by atoms with E-state index in [-0.39, 0.29) is 30.7 Å². The molecule has 4 rings (SSSR count). The number of carbonyl (C=O) groups is 5. The largest absolute Gasteiger partial charge is 0.488 e. The van der Waals surface area contributed by atoms with Crippen LogP contribution in [-0.2, 0) is 24.0 Å². The van der Waals surface area contributed by atoms with Gasteiger partial charge in [-0.3, -0.25) is 24.2 Å². The number of hydrogen-bond acceptors (Lipinski definition) is 7. The molecule has 41 heavy (non-hydrogen) atoms. The van der Waals surface area contributed by atoms with Crippen LogP contribution in [0.2, 0.25) is 0 Å². The van der Waals surface area contributed by atoms with Gasteiger partial charge in [-0.1, -0.05) is 33.1 Å². The normalized spacial score (nSPS) is 23.3. The van der Waals surface area contributed by atoms with E-state index in [1.54, 1.807) is 38.4 Å². The third-order valence-corrected chi connectivity index (χ3v) is 8.32. The summed E-state index contributed by atoms with van der Waals surface area (Å²) in [5, 5.41) is 17.9. The van der Waals surface area contributed by atoms with E-state index in [2.05, 4.69) is 20.9 Å². The lowest BCUT2D eigenvalue weighted by Crippen LogP contribution is -2.60. The first-order valence-electron chi connectivity index (χ1n) is 14.5. The highest BCUT2D eigenvalue weighted by Gasteiger charge is 2.54. The molecule has 12 nitrogen and oxygen atoms in total. The highest BCUT2D eigenvalue weighted by Crippen LogP contribution is 2.36. The maximum atomic E-state index is 14.0. The molecule has 3 fully saturated rings. The number of likely N-dealkylation sites (tertiary alicyclic amines) is 1. The molecule has 4 N–H and O–H groups in total. The van der Waals surface area contributed by atoms with Crippen LogP contribution in [0.1, 0.15) is 72.1 Å². The molecule has 0 aromatic carbocycles. The molecule has 12 heteroatoms. The molecule has 4 atom stereocenters. The van der Waals surface area contributed by atoms with Crippen molar-refractivity contribution < 1.29 is 33.8 Å². The van der Waals surface area contributed by atoms with E-state index >= 15 is 0 Å². The number of amides is 4. The number of aliphatic carboxylic acids is 1. The number of nitrogens with zero attached hydrogens (tertiary/aromatic N) is 2. The van der Waals surface area contributed by atoms with Crippen LogP contribution in [0.4, 0.5) is 0 Å². The Bertz CT molecular complexity index is 1130. The van der Waals surface area contributed by atoms with Gasteiger partial charge < -0.3 is 30.7 Å². The maximum Gasteiger partial charge on any atom is 0.329 e. The molecule has 2 saturated carbocycles. The Morgan fingerprint density at radius 2 is 1.71 bits per heavy atom. The molecule has 3 aliphatic rings. The molecule has 4 amide bonds. The first-order valence-corrected chi connectivity index (χ1v) is 14.5. The van der Waals surface area contributed by atoms with Crippen LogP contribution >= 0.6 is 0 Å². The van der Waals surface area contributed by atoms with Crippen molar-refractivity contribution in [2.75, 3.05) is 6.54 Å². The van der Waals surface area contributed by atoms with E-state index in [0.29, 0.717) is 18.6 Å². The smallest absolute Gasteiger partial charge is 0.329 e. The van der Waals surface area contributed by atoms with Crippen molar-refractivity contribution in [1.82, 2.24) is 25.8 Å². The van der Waals surface area contributed by atoms with Crippen LogP contribution in [0, 0.1) is 11.8 Å². The van der Waals surface area contributed by atoms with Gasteiger partial charge in [-0.15, -0.1) is 0 Å². The van der Waals surface area contributed by atoms with Crippen molar-refractivity contribution in [1.29, 1.82) is 0 Å². The maximum absolute atomic E-state index is 14.0. The van der Waals surface area contributed by atoms with Crippen molar-refractivity contribution in [3.63, 3.8) is 0 Å². The monoisotopic (exact) mass is 571 g/mol. The topological polar surface area (TPSA) is 167 Å². The van der Waals surface area contributed by atoms with Crippen molar-refractivity contribution in [2.45, 2.75) is 102 Å². The average molecular weight is 572 g/mol. The van der Waals surface area contributed by atoms with Gasteiger partial charge in [0.15, 0.2) is 0 Å². The zero-order valence-electron chi connectivity index (χ0n) is 23.9. The van der Waals surface area contributed by atoms with E-state index in [1.165, 1.54) is 11.8 Å². The standard InChI is InChI=1S/C29H41N5O7/c1-17(2)23(32-26(37)24(31-18(3)35)19-7-5-4-6-8-19)27(38)34-16-21(41-20-9-13-30-14-10-20)15-22(34)25(36)33-29(11-12-29)28(39)40/h9-10,13-14,17,19,21-24H,4-8,11-12,15-16H2,1-3H3,(H,31,35)(H,32,37)(H,33,36)(H,39,40)/t21-,22?,23+,24+/m1/s1. The van der Waals surface area contributed by atoms with Crippen molar-refractivity contribution >= 4 is 29.6 Å². The van der Waals surface area contributed by atoms with Crippen LogP contribution in [0.3, 0.4) is 0 Å². The van der Waals surface area contributed by atoms with Gasteiger partial charge in [-0.25, -0.2) is 4.79 Å². The third-order valence-electron chi connectivity index (χ3n) is 8.32. The van der Waals surface area contributed by atoms with Crippen LogP contribution < -0.4 is 20.7 Å². The zero-order valence-corrected chi connectivity index (χ0v) is 23.9. The molecule has 0 spiro atoms. The first kappa shape index (κ1) is 30.3. The molecule has 2 heterocycles. The van der Waals surface area contributed by atoms with E-state index in [4.69, 9.17) is 4.74 Å². The number of carboxylic acids is 1. The number of nitrogens with one attached hydrogen (secondary N) is 3. The van der Waals surface area contributed by atoms with E-state index in [0.717, 1.165) is 32.1 Å². The lowest BCUT2D eigenvalue weighted by atomic mass is 9.83. The number of hydrogen-bond donors (Lipinski definition) is 4. The number of pyridine rings is 1. The van der Waals surface area contributed by atoms with E-state index < -0.39 is 53.5 Å². The van der Waals surface area contributed by atoms with Crippen LogP contribution in [0.5, 0.6) is 5.75 Å². The fourth-order valence-electron chi connectivity index (χ4n) is 5.84. The molecule has 0 bridgehead atoms. The van der Waals surface area contributed by atoms with Crippen molar-refractivity contribution in [3.05, 3.63) is 24.5 Å². The predicted molar refractivity (Wildman–Crippen MR) is 147 cm³/mol. The Morgan fingerprint density at radius 3 is 2.27 bits per heavy atom. The Labute approximate surface area is 240 Å². The van der Waals surface area contributed by atoms with E-state index in [1.807, 2.05) is 0 Å². The summed E-state index contributed by atoms with van der Waals surface area (Å²) < 4.78 is 6.05. The minimum atomic E-state index is -1.31. The number of carboxylic acid groups (broad SMARTS) is 1. The lowest BCUT2D eigenvalue weighted by Gasteiger charge is -2.34. The minimum absolute atomic E-state index is 0.0234. The predicted octanol–water partition coefficient (Wildman–Crippen LogP) is 1.39. The van der Waals surface area contributed by atoms with E-state index in [9.17, 15) is 29.1 Å². The molecule has 1 unspecified atom stereocenters. The SMILES string of the molecule is CC(=O)N[C@H](C(=O)N[C@H](C(=O)N1C[C@H](Oc2ccncc2)CC1C(=O)NC1(C(=O)O)CC1)C(C)C)C1CCCCC1. The highest BCUT2D eigenvalue weighted by molar-refractivity contribution is 5.96. The van der Waals surface area contributed by atoms with Gasteiger partial charge >= 0.3 is 5.97 Å². The average Bonchev–Trinajstić information content (AvgIpc) is 3.61. The summed E-state index contributed by atoms with van der Waals surface area (Å²) >= 11 is 0. The Morgan fingerprint density at radius 1 is 1.05 bits per heavy atom. The minimum Gasteiger partial charge on any atom is -0.488 e. The second-order valence-corrected chi connectivity index (χ2v) is 11.8. The van der Waals surface area contributed by atoms with Gasteiger partial charge in [0.2, 0.25) is 23.6 Å². The fourth-order valence-corrected chi connectivity index (χ4v) is 5.84. The van der Waals surface area contributed by atoms with Gasteiger partial charge in [0.1, 0.15) is 35.5 Å². The summed E-state index contributed by atoms with van der Waals surface area (Å²) in [6.07, 6.45) is 8.07. The van der Waals surface area contributed by atoms with Gasteiger partial charge in [-0.2, -0.15) is 0 Å². The van der Waals surface area contributed by atoms with Crippen molar-refractivity contribution in [2.24, 2.45) is 11.8 Å². The summed E-state index contributed by atoms with van der Waals surface area (Å²) in [6, 6.07) is 0.648. The van der Waals surface area contributed by atoms with Gasteiger partial charge in [-0.05, 0) is 49.7 Å². The number of ether oxygens (including phenoxy) is 1. The number of carbonyl (C=O) groups excluding carboxylic acids is 4. The molecule has 1 aromatic rings. The fraction of sp³-hybridized carbons (Fsp3) is 0.655. The number of aromatic nitrogens is 1. The zero-order chi connectivity index (χ0) is 29.7. The second kappa shape index (κ2) is 12.9. The quantitative estimate of drug-likeness (QED) is 0.309. The summed E-state index contributed by atoms with van der Waals surface area (Å²) in [5.41, 5.74) is -1.31. The Kier molecular flexibility index (Phi) is 9.49. The summed E-state index contributed by atoms with van der Waals surface area (Å²) in [4.78, 5) is 70.0.